The Morgan fingerprint density at radius 3 is 2.32 bits per heavy atom. The molecule has 2 atom stereocenters. The number of carboxylic acids is 1. The summed E-state index contributed by atoms with van der Waals surface area (Å²) in [6.45, 7) is 0.241. The van der Waals surface area contributed by atoms with Crippen molar-refractivity contribution < 1.29 is 19.4 Å². The highest BCUT2D eigenvalue weighted by Crippen LogP contribution is 2.38. The van der Waals surface area contributed by atoms with Crippen molar-refractivity contribution in [2.75, 3.05) is 0 Å². The maximum absolute atomic E-state index is 12.2. The lowest BCUT2D eigenvalue weighted by molar-refractivity contribution is -0.143. The third-order valence-corrected chi connectivity index (χ3v) is 4.87. The number of ether oxygens (including phenoxy) is 1. The van der Waals surface area contributed by atoms with Crippen LogP contribution in [0.3, 0.4) is 0 Å². The fourth-order valence-electron chi connectivity index (χ4n) is 3.50. The average molecular weight is 338 g/mol. The first kappa shape index (κ1) is 17.2. The van der Waals surface area contributed by atoms with Gasteiger partial charge in [-0.15, -0.1) is 0 Å². The highest BCUT2D eigenvalue weighted by atomic mass is 16.5. The molecule has 1 N–H and O–H groups in total. The maximum atomic E-state index is 12.2. The monoisotopic (exact) mass is 338 g/mol. The molecular weight excluding hydrogens is 316 g/mol. The number of carbonyl (C=O) groups is 2. The Bertz CT molecular complexity index is 721. The average Bonchev–Trinajstić information content (AvgIpc) is 2.67. The summed E-state index contributed by atoms with van der Waals surface area (Å²) in [5, 5.41) is 9.42. The number of carbonyl (C=O) groups excluding carboxylic acids is 1. The largest absolute Gasteiger partial charge is 0.481 e. The smallest absolute Gasteiger partial charge is 0.338 e. The van der Waals surface area contributed by atoms with E-state index in [-0.39, 0.29) is 24.4 Å². The second-order valence-electron chi connectivity index (χ2n) is 6.52. The first-order valence-corrected chi connectivity index (χ1v) is 8.69. The zero-order chi connectivity index (χ0) is 17.6. The first-order chi connectivity index (χ1) is 12.1. The van der Waals surface area contributed by atoms with Gasteiger partial charge in [0.05, 0.1) is 11.5 Å². The fourth-order valence-corrected chi connectivity index (χ4v) is 3.50. The van der Waals surface area contributed by atoms with Crippen LogP contribution < -0.4 is 0 Å². The van der Waals surface area contributed by atoms with E-state index in [1.807, 2.05) is 42.5 Å². The summed E-state index contributed by atoms with van der Waals surface area (Å²) in [5.41, 5.74) is 2.42. The van der Waals surface area contributed by atoms with Crippen LogP contribution in [0.1, 0.15) is 53.1 Å². The Kier molecular flexibility index (Phi) is 5.49. The normalized spacial score (nSPS) is 20.0. The zero-order valence-corrected chi connectivity index (χ0v) is 14.1. The van der Waals surface area contributed by atoms with E-state index >= 15 is 0 Å². The molecule has 1 aliphatic carbocycles. The van der Waals surface area contributed by atoms with Crippen LogP contribution in [0.5, 0.6) is 0 Å². The number of benzene rings is 2. The molecule has 25 heavy (non-hydrogen) atoms. The Morgan fingerprint density at radius 1 is 0.960 bits per heavy atom. The summed E-state index contributed by atoms with van der Waals surface area (Å²) >= 11 is 0. The van der Waals surface area contributed by atoms with E-state index in [0.717, 1.165) is 36.8 Å². The molecule has 130 valence electrons. The van der Waals surface area contributed by atoms with Gasteiger partial charge in [-0.2, -0.15) is 0 Å². The Balaban J connectivity index is 1.65. The highest BCUT2D eigenvalue weighted by molar-refractivity contribution is 5.89. The molecule has 0 radical (unpaired) electrons. The number of hydrogen-bond acceptors (Lipinski definition) is 3. The molecule has 4 heteroatoms. The van der Waals surface area contributed by atoms with Crippen molar-refractivity contribution in [3.63, 3.8) is 0 Å². The minimum absolute atomic E-state index is 0.0284. The zero-order valence-electron chi connectivity index (χ0n) is 14.1. The molecule has 0 saturated heterocycles. The summed E-state index contributed by atoms with van der Waals surface area (Å²) in [5.74, 6) is -1.39. The van der Waals surface area contributed by atoms with Gasteiger partial charge in [-0.3, -0.25) is 4.79 Å². The van der Waals surface area contributed by atoms with E-state index < -0.39 is 5.97 Å². The van der Waals surface area contributed by atoms with Crippen LogP contribution in [0, 0.1) is 5.92 Å². The second kappa shape index (κ2) is 7.97. The molecule has 2 aromatic carbocycles. The molecule has 0 spiro atoms. The van der Waals surface area contributed by atoms with E-state index in [1.54, 1.807) is 12.1 Å². The molecule has 4 nitrogen and oxygen atoms in total. The van der Waals surface area contributed by atoms with Crippen molar-refractivity contribution in [1.29, 1.82) is 0 Å². The summed E-state index contributed by atoms with van der Waals surface area (Å²) in [6, 6.07) is 16.7. The number of carboxylic acid groups (broad SMARTS) is 1. The van der Waals surface area contributed by atoms with E-state index in [9.17, 15) is 14.7 Å². The van der Waals surface area contributed by atoms with Crippen LogP contribution in [0.4, 0.5) is 0 Å². The Hall–Kier alpha value is -2.62. The topological polar surface area (TPSA) is 63.6 Å². The van der Waals surface area contributed by atoms with Crippen molar-refractivity contribution >= 4 is 11.9 Å². The van der Waals surface area contributed by atoms with Gasteiger partial charge in [-0.05, 0) is 42.0 Å². The van der Waals surface area contributed by atoms with Crippen LogP contribution in [0.15, 0.2) is 54.6 Å². The van der Waals surface area contributed by atoms with Crippen molar-refractivity contribution in [3.8, 4) is 0 Å². The van der Waals surface area contributed by atoms with Gasteiger partial charge in [0.25, 0.3) is 0 Å². The fraction of sp³-hybridized carbons (Fsp3) is 0.333. The van der Waals surface area contributed by atoms with Gasteiger partial charge in [0.15, 0.2) is 0 Å². The molecule has 3 rings (SSSR count). The van der Waals surface area contributed by atoms with E-state index in [4.69, 9.17) is 4.74 Å². The number of rotatable bonds is 5. The first-order valence-electron chi connectivity index (χ1n) is 8.69. The molecular formula is C21H22O4. The second-order valence-corrected chi connectivity index (χ2v) is 6.52. The molecule has 1 aliphatic rings. The van der Waals surface area contributed by atoms with Crippen LogP contribution in [0.25, 0.3) is 0 Å². The summed E-state index contributed by atoms with van der Waals surface area (Å²) in [6.07, 6.45) is 3.63. The Labute approximate surface area is 147 Å². The highest BCUT2D eigenvalue weighted by Gasteiger charge is 2.31. The van der Waals surface area contributed by atoms with Crippen LogP contribution in [-0.4, -0.2) is 17.0 Å². The lowest BCUT2D eigenvalue weighted by atomic mass is 9.75. The van der Waals surface area contributed by atoms with Gasteiger partial charge >= 0.3 is 11.9 Å². The summed E-state index contributed by atoms with van der Waals surface area (Å²) in [7, 11) is 0. The number of hydrogen-bond donors (Lipinski definition) is 1. The molecule has 0 bridgehead atoms. The predicted octanol–water partition coefficient (Wildman–Crippen LogP) is 4.40. The van der Waals surface area contributed by atoms with E-state index in [2.05, 4.69) is 0 Å². The molecule has 0 unspecified atom stereocenters. The van der Waals surface area contributed by atoms with E-state index in [0.29, 0.717) is 5.56 Å². The lowest BCUT2D eigenvalue weighted by Crippen LogP contribution is -2.25. The lowest BCUT2D eigenvalue weighted by Gasteiger charge is -2.28. The molecule has 0 aromatic heterocycles. The number of esters is 1. The maximum Gasteiger partial charge on any atom is 0.338 e. The number of aliphatic carboxylic acids is 1. The molecule has 0 heterocycles. The summed E-state index contributed by atoms with van der Waals surface area (Å²) < 4.78 is 5.33. The summed E-state index contributed by atoms with van der Waals surface area (Å²) in [4.78, 5) is 23.6. The van der Waals surface area contributed by atoms with Crippen LogP contribution in [0.2, 0.25) is 0 Å². The van der Waals surface area contributed by atoms with Crippen LogP contribution in [-0.2, 0) is 16.1 Å². The van der Waals surface area contributed by atoms with E-state index in [1.165, 1.54) is 0 Å². The SMILES string of the molecule is O=C(OCc1ccccc1)c1ccc([C@@H]2CCCC[C@@H]2C(=O)O)cc1. The van der Waals surface area contributed by atoms with Gasteiger partial charge in [0, 0.05) is 0 Å². The molecule has 1 saturated carbocycles. The Morgan fingerprint density at radius 2 is 1.64 bits per heavy atom. The van der Waals surface area contributed by atoms with Gasteiger partial charge in [-0.1, -0.05) is 55.3 Å². The molecule has 0 aliphatic heterocycles. The molecule has 2 aromatic rings. The van der Waals surface area contributed by atoms with Crippen molar-refractivity contribution in [2.45, 2.75) is 38.2 Å². The van der Waals surface area contributed by atoms with Crippen LogP contribution >= 0.6 is 0 Å². The van der Waals surface area contributed by atoms with Crippen molar-refractivity contribution in [3.05, 3.63) is 71.3 Å². The minimum atomic E-state index is -0.726. The van der Waals surface area contributed by atoms with Gasteiger partial charge < -0.3 is 9.84 Å². The van der Waals surface area contributed by atoms with Gasteiger partial charge in [0.1, 0.15) is 6.61 Å². The van der Waals surface area contributed by atoms with Crippen molar-refractivity contribution in [2.24, 2.45) is 5.92 Å². The predicted molar refractivity (Wildman–Crippen MR) is 94.3 cm³/mol. The third kappa shape index (κ3) is 4.27. The van der Waals surface area contributed by atoms with Crippen molar-refractivity contribution in [1.82, 2.24) is 0 Å². The minimum Gasteiger partial charge on any atom is -0.481 e. The third-order valence-electron chi connectivity index (χ3n) is 4.87. The standard InChI is InChI=1S/C21H22O4/c22-20(23)19-9-5-4-8-18(19)16-10-12-17(13-11-16)21(24)25-14-15-6-2-1-3-7-15/h1-3,6-7,10-13,18-19H,4-5,8-9,14H2,(H,22,23)/t18-,19-/m0/s1. The quantitative estimate of drug-likeness (QED) is 0.821. The van der Waals surface area contributed by atoms with Gasteiger partial charge in [-0.25, -0.2) is 4.79 Å². The molecule has 1 fully saturated rings. The van der Waals surface area contributed by atoms with Gasteiger partial charge in [0.2, 0.25) is 0 Å². The molecule has 0 amide bonds.